The van der Waals surface area contributed by atoms with E-state index in [4.69, 9.17) is 4.74 Å². The molecule has 1 aliphatic rings. The van der Waals surface area contributed by atoms with Crippen molar-refractivity contribution < 1.29 is 4.74 Å². The first-order chi connectivity index (χ1) is 11.6. The third-order valence-electron chi connectivity index (χ3n) is 4.54. The Labute approximate surface area is 167 Å². The molecule has 0 radical (unpaired) electrons. The van der Waals surface area contributed by atoms with Gasteiger partial charge in [-0.25, -0.2) is 4.99 Å². The van der Waals surface area contributed by atoms with Crippen molar-refractivity contribution in [2.75, 3.05) is 26.3 Å². The van der Waals surface area contributed by atoms with Crippen molar-refractivity contribution in [2.45, 2.75) is 39.7 Å². The molecule has 8 heteroatoms. The van der Waals surface area contributed by atoms with E-state index in [0.29, 0.717) is 18.5 Å². The molecule has 0 atom stereocenters. The number of hydrogen-bond donors (Lipinski definition) is 2. The van der Waals surface area contributed by atoms with Crippen molar-refractivity contribution in [2.24, 2.45) is 17.5 Å². The van der Waals surface area contributed by atoms with Crippen LogP contribution < -0.4 is 10.6 Å². The Balaban J connectivity index is 0.00000312. The zero-order chi connectivity index (χ0) is 17.4. The summed E-state index contributed by atoms with van der Waals surface area (Å²) in [4.78, 5) is 4.63. The maximum atomic E-state index is 5.50. The number of aromatic nitrogens is 3. The number of guanidine groups is 1. The van der Waals surface area contributed by atoms with E-state index in [1.165, 1.54) is 12.8 Å². The highest BCUT2D eigenvalue weighted by Crippen LogP contribution is 2.48. The van der Waals surface area contributed by atoms with E-state index in [0.717, 1.165) is 43.8 Å². The summed E-state index contributed by atoms with van der Waals surface area (Å²) < 4.78 is 7.45. The van der Waals surface area contributed by atoms with Crippen LogP contribution >= 0.6 is 24.0 Å². The van der Waals surface area contributed by atoms with Gasteiger partial charge in [0.25, 0.3) is 0 Å². The molecule has 142 valence electrons. The molecule has 2 N–H and O–H groups in total. The van der Waals surface area contributed by atoms with Crippen molar-refractivity contribution in [3.05, 3.63) is 24.3 Å². The molecule has 2 rings (SSSR count). The lowest BCUT2D eigenvalue weighted by Crippen LogP contribution is -2.40. The highest BCUT2D eigenvalue weighted by Gasteiger charge is 2.41. The first-order valence-corrected chi connectivity index (χ1v) is 8.66. The Morgan fingerprint density at radius 3 is 2.72 bits per heavy atom. The number of hydrogen-bond acceptors (Lipinski definition) is 4. The summed E-state index contributed by atoms with van der Waals surface area (Å²) in [5.41, 5.74) is 0.368. The molecule has 1 aromatic rings. The molecule has 0 aromatic carbocycles. The monoisotopic (exact) mass is 462 g/mol. The van der Waals surface area contributed by atoms with Crippen LogP contribution in [0.1, 0.15) is 37.8 Å². The number of nitrogens with zero attached hydrogens (tertiary/aromatic N) is 4. The van der Waals surface area contributed by atoms with Crippen LogP contribution in [-0.2, 0) is 18.3 Å². The molecule has 1 heterocycles. The molecular formula is C17H31IN6O. The summed E-state index contributed by atoms with van der Waals surface area (Å²) in [6.45, 7) is 11.4. The zero-order valence-electron chi connectivity index (χ0n) is 15.5. The van der Waals surface area contributed by atoms with Crippen LogP contribution in [0.4, 0.5) is 0 Å². The predicted octanol–water partition coefficient (Wildman–Crippen LogP) is 2.17. The van der Waals surface area contributed by atoms with Crippen LogP contribution in [0.3, 0.4) is 0 Å². The van der Waals surface area contributed by atoms with Crippen molar-refractivity contribution in [1.82, 2.24) is 25.4 Å². The van der Waals surface area contributed by atoms with Gasteiger partial charge in [0.15, 0.2) is 11.8 Å². The zero-order valence-corrected chi connectivity index (χ0v) is 17.9. The molecular weight excluding hydrogens is 431 g/mol. The topological polar surface area (TPSA) is 76.4 Å². The van der Waals surface area contributed by atoms with Gasteiger partial charge in [0.2, 0.25) is 0 Å². The Hall–Kier alpha value is -1.16. The van der Waals surface area contributed by atoms with Crippen LogP contribution in [-0.4, -0.2) is 47.0 Å². The van der Waals surface area contributed by atoms with Gasteiger partial charge in [-0.2, -0.15) is 0 Å². The van der Waals surface area contributed by atoms with Crippen LogP contribution in [0.25, 0.3) is 0 Å². The highest BCUT2D eigenvalue weighted by atomic mass is 127. The SMILES string of the molecule is C=CCNC(=NCc1nnc(C)n1C)NCC1(CCOCC)CC1.I. The molecule has 0 saturated heterocycles. The number of nitrogens with one attached hydrogen (secondary N) is 2. The lowest BCUT2D eigenvalue weighted by atomic mass is 10.0. The van der Waals surface area contributed by atoms with Crippen molar-refractivity contribution in [3.63, 3.8) is 0 Å². The van der Waals surface area contributed by atoms with Gasteiger partial charge < -0.3 is 19.9 Å². The van der Waals surface area contributed by atoms with E-state index in [1.807, 2.05) is 31.5 Å². The van der Waals surface area contributed by atoms with Crippen LogP contribution in [0.2, 0.25) is 0 Å². The second kappa shape index (κ2) is 10.7. The molecule has 1 aliphatic carbocycles. The smallest absolute Gasteiger partial charge is 0.191 e. The van der Waals surface area contributed by atoms with E-state index >= 15 is 0 Å². The second-order valence-corrected chi connectivity index (χ2v) is 6.36. The molecule has 0 spiro atoms. The van der Waals surface area contributed by atoms with Gasteiger partial charge in [-0.3, -0.25) is 0 Å². The maximum absolute atomic E-state index is 5.50. The molecule has 25 heavy (non-hydrogen) atoms. The normalized spacial score (nSPS) is 15.4. The average Bonchev–Trinajstić information content (AvgIpc) is 3.28. The molecule has 1 saturated carbocycles. The maximum Gasteiger partial charge on any atom is 0.191 e. The molecule has 0 bridgehead atoms. The Kier molecular flexibility index (Phi) is 9.41. The average molecular weight is 462 g/mol. The minimum absolute atomic E-state index is 0. The fraction of sp³-hybridized carbons (Fsp3) is 0.706. The number of halogens is 1. The summed E-state index contributed by atoms with van der Waals surface area (Å²) in [6.07, 6.45) is 5.44. The fourth-order valence-corrected chi connectivity index (χ4v) is 2.48. The standard InChI is InChI=1S/C17H30N6O.HI/c1-5-10-18-16(19-12-15-22-21-14(3)23(15)4)20-13-17(7-8-17)9-11-24-6-2;/h5H,1,6-13H2,2-4H3,(H2,18,19,20);1H. The van der Waals surface area contributed by atoms with Crippen LogP contribution in [0.5, 0.6) is 0 Å². The first kappa shape index (κ1) is 21.9. The number of aliphatic imine (C=N–C) groups is 1. The Morgan fingerprint density at radius 1 is 1.40 bits per heavy atom. The van der Waals surface area contributed by atoms with E-state index in [9.17, 15) is 0 Å². The van der Waals surface area contributed by atoms with E-state index in [2.05, 4.69) is 32.4 Å². The molecule has 0 aliphatic heterocycles. The number of rotatable bonds is 10. The van der Waals surface area contributed by atoms with E-state index < -0.39 is 0 Å². The highest BCUT2D eigenvalue weighted by molar-refractivity contribution is 14.0. The van der Waals surface area contributed by atoms with E-state index in [-0.39, 0.29) is 24.0 Å². The van der Waals surface area contributed by atoms with Crippen LogP contribution in [0, 0.1) is 12.3 Å². The Bertz CT molecular complexity index is 567. The molecule has 1 aromatic heterocycles. The lowest BCUT2D eigenvalue weighted by molar-refractivity contribution is 0.128. The van der Waals surface area contributed by atoms with Gasteiger partial charge in [0, 0.05) is 33.4 Å². The molecule has 0 amide bonds. The first-order valence-electron chi connectivity index (χ1n) is 8.66. The quantitative estimate of drug-likeness (QED) is 0.183. The lowest BCUT2D eigenvalue weighted by Gasteiger charge is -2.18. The summed E-state index contributed by atoms with van der Waals surface area (Å²) in [5, 5.41) is 14.9. The van der Waals surface area contributed by atoms with E-state index in [1.54, 1.807) is 0 Å². The fourth-order valence-electron chi connectivity index (χ4n) is 2.48. The third kappa shape index (κ3) is 6.93. The minimum atomic E-state index is 0. The van der Waals surface area contributed by atoms with Crippen LogP contribution in [0.15, 0.2) is 17.6 Å². The summed E-state index contributed by atoms with van der Waals surface area (Å²) >= 11 is 0. The van der Waals surface area contributed by atoms with Gasteiger partial charge >= 0.3 is 0 Å². The molecule has 1 fully saturated rings. The Morgan fingerprint density at radius 2 is 2.16 bits per heavy atom. The summed E-state index contributed by atoms with van der Waals surface area (Å²) in [6, 6.07) is 0. The van der Waals surface area contributed by atoms with Gasteiger partial charge in [-0.1, -0.05) is 6.08 Å². The summed E-state index contributed by atoms with van der Waals surface area (Å²) in [7, 11) is 1.96. The predicted molar refractivity (Wildman–Crippen MR) is 111 cm³/mol. The largest absolute Gasteiger partial charge is 0.382 e. The van der Waals surface area contributed by atoms with Gasteiger partial charge in [0.1, 0.15) is 12.4 Å². The number of aryl methyl sites for hydroxylation is 1. The van der Waals surface area contributed by atoms with Gasteiger partial charge in [0.05, 0.1) is 0 Å². The summed E-state index contributed by atoms with van der Waals surface area (Å²) in [5.74, 6) is 2.53. The minimum Gasteiger partial charge on any atom is -0.382 e. The van der Waals surface area contributed by atoms with Crippen molar-refractivity contribution >= 4 is 29.9 Å². The van der Waals surface area contributed by atoms with Gasteiger partial charge in [-0.05, 0) is 38.5 Å². The third-order valence-corrected chi connectivity index (χ3v) is 4.54. The second-order valence-electron chi connectivity index (χ2n) is 6.36. The van der Waals surface area contributed by atoms with Crippen molar-refractivity contribution in [1.29, 1.82) is 0 Å². The molecule has 7 nitrogen and oxygen atoms in total. The van der Waals surface area contributed by atoms with Gasteiger partial charge in [-0.15, -0.1) is 40.8 Å². The van der Waals surface area contributed by atoms with Crippen molar-refractivity contribution in [3.8, 4) is 0 Å². The number of ether oxygens (including phenoxy) is 1. The molecule has 0 unspecified atom stereocenters.